The molecule has 2 heteroatoms. The summed E-state index contributed by atoms with van der Waals surface area (Å²) in [5, 5.41) is 0. The molecule has 0 bridgehead atoms. The molecular formula is C4H7FO. The highest BCUT2D eigenvalue weighted by molar-refractivity contribution is 4.73. The lowest BCUT2D eigenvalue weighted by Crippen LogP contribution is -1.93. The first-order chi connectivity index (χ1) is 2.81. The number of hydrogen-bond donors (Lipinski definition) is 0. The maximum atomic E-state index is 10.8. The SMILES string of the molecule is C=CC(C)OF. The topological polar surface area (TPSA) is 9.23 Å². The molecule has 0 spiro atoms. The Morgan fingerprint density at radius 1 is 2.00 bits per heavy atom. The van der Waals surface area contributed by atoms with Crippen LogP contribution < -0.4 is 0 Å². The average Bonchev–Trinajstić information content (AvgIpc) is 1.65. The van der Waals surface area contributed by atoms with Gasteiger partial charge in [0.25, 0.3) is 0 Å². The van der Waals surface area contributed by atoms with E-state index in [1.807, 2.05) is 0 Å². The summed E-state index contributed by atoms with van der Waals surface area (Å²) in [6, 6.07) is 0. The lowest BCUT2D eigenvalue weighted by atomic mass is 10.4. The van der Waals surface area contributed by atoms with Gasteiger partial charge < -0.3 is 0 Å². The van der Waals surface area contributed by atoms with Crippen molar-refractivity contribution in [1.82, 2.24) is 0 Å². The molecule has 0 amide bonds. The van der Waals surface area contributed by atoms with Crippen molar-refractivity contribution >= 4 is 0 Å². The van der Waals surface area contributed by atoms with Gasteiger partial charge in [0, 0.05) is 0 Å². The Morgan fingerprint density at radius 3 is 2.50 bits per heavy atom. The molecule has 0 aliphatic carbocycles. The van der Waals surface area contributed by atoms with E-state index >= 15 is 0 Å². The summed E-state index contributed by atoms with van der Waals surface area (Å²) < 4.78 is 10.8. The fourth-order valence-electron chi connectivity index (χ4n) is 0.0364. The van der Waals surface area contributed by atoms with E-state index in [1.165, 1.54) is 6.08 Å². The zero-order valence-electron chi connectivity index (χ0n) is 3.65. The minimum absolute atomic E-state index is 0.468. The van der Waals surface area contributed by atoms with E-state index < -0.39 is 6.10 Å². The van der Waals surface area contributed by atoms with Gasteiger partial charge in [-0.2, -0.15) is 4.94 Å². The van der Waals surface area contributed by atoms with Crippen LogP contribution in [0, 0.1) is 0 Å². The molecule has 0 aromatic heterocycles. The number of rotatable bonds is 2. The molecular weight excluding hydrogens is 83.0 g/mol. The smallest absolute Gasteiger partial charge is 0.113 e. The fourth-order valence-corrected chi connectivity index (χ4v) is 0.0364. The molecule has 0 aromatic rings. The molecule has 0 saturated carbocycles. The van der Waals surface area contributed by atoms with Crippen molar-refractivity contribution in [1.29, 1.82) is 0 Å². The predicted molar refractivity (Wildman–Crippen MR) is 21.9 cm³/mol. The molecule has 0 aliphatic rings. The van der Waals surface area contributed by atoms with Crippen LogP contribution >= 0.6 is 0 Å². The molecule has 0 rings (SSSR count). The molecule has 36 valence electrons. The normalized spacial score (nSPS) is 13.7. The zero-order chi connectivity index (χ0) is 4.99. The Labute approximate surface area is 36.3 Å². The van der Waals surface area contributed by atoms with Crippen LogP contribution in [0.4, 0.5) is 4.53 Å². The summed E-state index contributed by atoms with van der Waals surface area (Å²) in [5.41, 5.74) is 0. The van der Waals surface area contributed by atoms with Gasteiger partial charge in [0.15, 0.2) is 0 Å². The van der Waals surface area contributed by atoms with Gasteiger partial charge in [-0.05, 0) is 11.4 Å². The zero-order valence-corrected chi connectivity index (χ0v) is 3.65. The quantitative estimate of drug-likeness (QED) is 0.466. The summed E-state index contributed by atoms with van der Waals surface area (Å²) in [4.78, 5) is 3.28. The van der Waals surface area contributed by atoms with E-state index in [1.54, 1.807) is 6.92 Å². The van der Waals surface area contributed by atoms with Gasteiger partial charge in [0.2, 0.25) is 0 Å². The van der Waals surface area contributed by atoms with Gasteiger partial charge >= 0.3 is 0 Å². The van der Waals surface area contributed by atoms with Gasteiger partial charge in [-0.15, -0.1) is 6.58 Å². The van der Waals surface area contributed by atoms with E-state index in [4.69, 9.17) is 0 Å². The Bertz CT molecular complexity index is 44.8. The largest absolute Gasteiger partial charge is 0.187 e. The van der Waals surface area contributed by atoms with Gasteiger partial charge in [-0.3, -0.25) is 0 Å². The van der Waals surface area contributed by atoms with Gasteiger partial charge in [0.1, 0.15) is 6.10 Å². The minimum Gasteiger partial charge on any atom is -0.187 e. The second-order valence-electron chi connectivity index (χ2n) is 1.03. The van der Waals surface area contributed by atoms with Crippen LogP contribution in [-0.2, 0) is 4.94 Å². The van der Waals surface area contributed by atoms with Crippen LogP contribution in [0.3, 0.4) is 0 Å². The van der Waals surface area contributed by atoms with Crippen LogP contribution in [0.2, 0.25) is 0 Å². The third-order valence-electron chi connectivity index (χ3n) is 0.472. The third kappa shape index (κ3) is 1.91. The van der Waals surface area contributed by atoms with E-state index in [-0.39, 0.29) is 0 Å². The molecule has 0 N–H and O–H groups in total. The van der Waals surface area contributed by atoms with Crippen LogP contribution in [0.1, 0.15) is 6.92 Å². The van der Waals surface area contributed by atoms with Crippen LogP contribution in [-0.4, -0.2) is 6.10 Å². The Balaban J connectivity index is 2.96. The van der Waals surface area contributed by atoms with Crippen molar-refractivity contribution < 1.29 is 9.47 Å². The van der Waals surface area contributed by atoms with E-state index in [9.17, 15) is 4.53 Å². The van der Waals surface area contributed by atoms with Crippen molar-refractivity contribution in [2.45, 2.75) is 13.0 Å². The Kier molecular flexibility index (Phi) is 2.67. The molecule has 0 fully saturated rings. The molecule has 1 nitrogen and oxygen atoms in total. The van der Waals surface area contributed by atoms with Crippen molar-refractivity contribution in [3.05, 3.63) is 12.7 Å². The van der Waals surface area contributed by atoms with E-state index in [0.717, 1.165) is 0 Å². The minimum atomic E-state index is -0.468. The fraction of sp³-hybridized carbons (Fsp3) is 0.500. The number of halogens is 1. The highest BCUT2D eigenvalue weighted by Gasteiger charge is 1.88. The van der Waals surface area contributed by atoms with Gasteiger partial charge in [-0.25, -0.2) is 0 Å². The van der Waals surface area contributed by atoms with Crippen molar-refractivity contribution in [3.63, 3.8) is 0 Å². The van der Waals surface area contributed by atoms with E-state index in [0.29, 0.717) is 0 Å². The third-order valence-corrected chi connectivity index (χ3v) is 0.472. The Morgan fingerprint density at radius 2 is 2.50 bits per heavy atom. The summed E-state index contributed by atoms with van der Waals surface area (Å²) in [6.07, 6.45) is 0.907. The first-order valence-corrected chi connectivity index (χ1v) is 1.71. The highest BCUT2D eigenvalue weighted by Crippen LogP contribution is 1.88. The summed E-state index contributed by atoms with van der Waals surface area (Å²) >= 11 is 0. The summed E-state index contributed by atoms with van der Waals surface area (Å²) in [6.45, 7) is 4.83. The summed E-state index contributed by atoms with van der Waals surface area (Å²) in [7, 11) is 0. The second-order valence-corrected chi connectivity index (χ2v) is 1.03. The first kappa shape index (κ1) is 5.63. The standard InChI is InChI=1S/C4H7FO/c1-3-4(2)6-5/h3-4H,1H2,2H3. The molecule has 0 heterocycles. The lowest BCUT2D eigenvalue weighted by Gasteiger charge is -1.90. The van der Waals surface area contributed by atoms with Crippen LogP contribution in [0.25, 0.3) is 0 Å². The van der Waals surface area contributed by atoms with Crippen molar-refractivity contribution in [2.24, 2.45) is 0 Å². The predicted octanol–water partition coefficient (Wildman–Crippen LogP) is 1.46. The molecule has 6 heavy (non-hydrogen) atoms. The van der Waals surface area contributed by atoms with Crippen molar-refractivity contribution in [2.75, 3.05) is 0 Å². The second kappa shape index (κ2) is 2.85. The number of hydrogen-bond acceptors (Lipinski definition) is 1. The Hall–Kier alpha value is -0.370. The van der Waals surface area contributed by atoms with Gasteiger partial charge in [-0.1, -0.05) is 6.08 Å². The molecule has 1 unspecified atom stereocenters. The van der Waals surface area contributed by atoms with Gasteiger partial charge in [0.05, 0.1) is 0 Å². The van der Waals surface area contributed by atoms with Crippen molar-refractivity contribution in [3.8, 4) is 0 Å². The average molecular weight is 90.1 g/mol. The maximum absolute atomic E-state index is 10.8. The molecule has 0 aliphatic heterocycles. The monoisotopic (exact) mass is 90.0 g/mol. The van der Waals surface area contributed by atoms with Crippen LogP contribution in [0.15, 0.2) is 12.7 Å². The highest BCUT2D eigenvalue weighted by atomic mass is 19.3. The van der Waals surface area contributed by atoms with Crippen LogP contribution in [0.5, 0.6) is 0 Å². The lowest BCUT2D eigenvalue weighted by molar-refractivity contribution is -0.155. The maximum Gasteiger partial charge on any atom is 0.113 e. The van der Waals surface area contributed by atoms with E-state index in [2.05, 4.69) is 11.5 Å². The molecule has 0 aromatic carbocycles. The first-order valence-electron chi connectivity index (χ1n) is 1.71. The summed E-state index contributed by atoms with van der Waals surface area (Å²) in [5.74, 6) is 0. The molecule has 0 radical (unpaired) electrons. The molecule has 0 saturated heterocycles. The molecule has 1 atom stereocenters.